The minimum absolute atomic E-state index is 0.0147. The van der Waals surface area contributed by atoms with Crippen LogP contribution in [0.2, 0.25) is 0 Å². The summed E-state index contributed by atoms with van der Waals surface area (Å²) in [5.74, 6) is -2.24. The lowest BCUT2D eigenvalue weighted by molar-refractivity contribution is -0.274. The second-order valence-electron chi connectivity index (χ2n) is 10.3. The Bertz CT molecular complexity index is 1640. The molecule has 2 aromatic heterocycles. The largest absolute Gasteiger partial charge is 0.573 e. The van der Waals surface area contributed by atoms with Crippen LogP contribution >= 0.6 is 11.3 Å². The van der Waals surface area contributed by atoms with E-state index >= 15 is 0 Å². The summed E-state index contributed by atoms with van der Waals surface area (Å²) in [6.45, 7) is 5.02. The fourth-order valence-corrected chi connectivity index (χ4v) is 7.65. The zero-order valence-electron chi connectivity index (χ0n) is 23.4. The van der Waals surface area contributed by atoms with E-state index in [-0.39, 0.29) is 47.0 Å². The third-order valence-corrected chi connectivity index (χ3v) is 10.3. The van der Waals surface area contributed by atoms with E-state index in [1.807, 2.05) is 4.90 Å². The number of carbonyl (C=O) groups excluding carboxylic acids is 2. The fraction of sp³-hybridized carbons (Fsp3) is 0.444. The molecule has 17 heteroatoms. The normalized spacial score (nSPS) is 18.2. The molecule has 5 rings (SSSR count). The van der Waals surface area contributed by atoms with Crippen molar-refractivity contribution in [1.29, 1.82) is 0 Å². The van der Waals surface area contributed by atoms with E-state index in [0.29, 0.717) is 10.5 Å². The van der Waals surface area contributed by atoms with Gasteiger partial charge in [-0.3, -0.25) is 4.79 Å². The van der Waals surface area contributed by atoms with E-state index in [0.717, 1.165) is 48.2 Å². The minimum Gasteiger partial charge on any atom is -0.460 e. The lowest BCUT2D eigenvalue weighted by atomic mass is 10.00. The SMILES string of the molecule is [CH2+]CCOC(=O)C(Cc1cc2ccnc(N)c2cc1OC(F)(F)F)N1CCC(NS(=O)(=O)c2cnc(N3CCCC3)s2)C1=O. The number of likely N-dealkylation sites (tertiary alicyclic amines) is 1. The van der Waals surface area contributed by atoms with Crippen LogP contribution in [0.25, 0.3) is 10.8 Å². The molecule has 4 heterocycles. The van der Waals surface area contributed by atoms with E-state index in [1.54, 1.807) is 0 Å². The highest BCUT2D eigenvalue weighted by Gasteiger charge is 2.42. The maximum atomic E-state index is 13.5. The maximum Gasteiger partial charge on any atom is 0.573 e. The van der Waals surface area contributed by atoms with Crippen molar-refractivity contribution in [3.63, 3.8) is 0 Å². The van der Waals surface area contributed by atoms with Gasteiger partial charge >= 0.3 is 12.3 Å². The number of carbonyl (C=O) groups is 2. The first-order valence-electron chi connectivity index (χ1n) is 13.8. The number of pyridine rings is 1. The van der Waals surface area contributed by atoms with Crippen LogP contribution in [0.4, 0.5) is 24.1 Å². The number of esters is 1. The van der Waals surface area contributed by atoms with Gasteiger partial charge in [-0.25, -0.2) is 23.2 Å². The monoisotopic (exact) mass is 655 g/mol. The van der Waals surface area contributed by atoms with E-state index in [9.17, 15) is 31.2 Å². The molecule has 2 unspecified atom stereocenters. The number of sulfonamides is 1. The van der Waals surface area contributed by atoms with Crippen LogP contribution in [0.1, 0.15) is 31.2 Å². The number of nitrogens with zero attached hydrogens (tertiary/aromatic N) is 4. The van der Waals surface area contributed by atoms with Crippen molar-refractivity contribution < 1.29 is 40.7 Å². The average Bonchev–Trinajstić information content (AvgIpc) is 3.73. The van der Waals surface area contributed by atoms with E-state index < -0.39 is 52.5 Å². The number of amides is 1. The second kappa shape index (κ2) is 12.6. The lowest BCUT2D eigenvalue weighted by Gasteiger charge is -2.27. The molecule has 2 aliphatic heterocycles. The van der Waals surface area contributed by atoms with Crippen molar-refractivity contribution in [2.75, 3.05) is 36.9 Å². The van der Waals surface area contributed by atoms with Crippen LogP contribution in [-0.2, 0) is 30.8 Å². The van der Waals surface area contributed by atoms with Crippen LogP contribution in [-0.4, -0.2) is 79.8 Å². The number of thiazole rings is 1. The van der Waals surface area contributed by atoms with Crippen LogP contribution < -0.4 is 20.1 Å². The Kier molecular flexibility index (Phi) is 9.08. The molecule has 3 N–H and O–H groups in total. The Hall–Kier alpha value is -3.83. The summed E-state index contributed by atoms with van der Waals surface area (Å²) >= 11 is 0.993. The van der Waals surface area contributed by atoms with Gasteiger partial charge in [-0.1, -0.05) is 11.3 Å². The Labute approximate surface area is 255 Å². The average molecular weight is 656 g/mol. The van der Waals surface area contributed by atoms with E-state index in [2.05, 4.69) is 26.4 Å². The molecule has 0 saturated carbocycles. The van der Waals surface area contributed by atoms with Crippen molar-refractivity contribution in [3.05, 3.63) is 43.1 Å². The van der Waals surface area contributed by atoms with Crippen molar-refractivity contribution >= 4 is 55.0 Å². The fourth-order valence-electron chi connectivity index (χ4n) is 5.24. The van der Waals surface area contributed by atoms with Crippen LogP contribution in [0, 0.1) is 6.92 Å². The molecule has 2 aliphatic rings. The van der Waals surface area contributed by atoms with Gasteiger partial charge < -0.3 is 25.0 Å². The zero-order chi connectivity index (χ0) is 31.6. The topological polar surface area (TPSA) is 157 Å². The van der Waals surface area contributed by atoms with Gasteiger partial charge in [-0.2, -0.15) is 4.72 Å². The Morgan fingerprint density at radius 3 is 2.68 bits per heavy atom. The molecular formula is C27H30F3N6O6S2+. The molecule has 2 saturated heterocycles. The zero-order valence-corrected chi connectivity index (χ0v) is 25.0. The number of ether oxygens (including phenoxy) is 2. The van der Waals surface area contributed by atoms with Crippen LogP contribution in [0.15, 0.2) is 34.8 Å². The molecule has 1 aromatic carbocycles. The molecule has 12 nitrogen and oxygen atoms in total. The van der Waals surface area contributed by atoms with Crippen molar-refractivity contribution in [2.24, 2.45) is 0 Å². The first kappa shape index (κ1) is 31.6. The number of nitrogen functional groups attached to an aromatic ring is 1. The van der Waals surface area contributed by atoms with Gasteiger partial charge in [0, 0.05) is 37.6 Å². The number of anilines is 2. The predicted octanol–water partition coefficient (Wildman–Crippen LogP) is 3.03. The molecule has 3 aromatic rings. The number of nitrogens with two attached hydrogens (primary N) is 1. The van der Waals surface area contributed by atoms with E-state index in [4.69, 9.17) is 10.5 Å². The smallest absolute Gasteiger partial charge is 0.460 e. The van der Waals surface area contributed by atoms with Gasteiger partial charge in [-0.05, 0) is 48.4 Å². The molecule has 1 amide bonds. The quantitative estimate of drug-likeness (QED) is 0.233. The number of alkyl halides is 3. The Morgan fingerprint density at radius 1 is 1.23 bits per heavy atom. The molecule has 0 bridgehead atoms. The van der Waals surface area contributed by atoms with Crippen LogP contribution in [0.5, 0.6) is 5.75 Å². The predicted molar refractivity (Wildman–Crippen MR) is 155 cm³/mol. The number of fused-ring (bicyclic) bond motifs is 1. The summed E-state index contributed by atoms with van der Waals surface area (Å²) < 4.78 is 78.4. The van der Waals surface area contributed by atoms with Gasteiger partial charge in [0.25, 0.3) is 10.0 Å². The second-order valence-corrected chi connectivity index (χ2v) is 13.3. The summed E-state index contributed by atoms with van der Waals surface area (Å²) in [4.78, 5) is 38.0. The molecule has 2 atom stereocenters. The van der Waals surface area contributed by atoms with Crippen molar-refractivity contribution in [3.8, 4) is 5.75 Å². The Morgan fingerprint density at radius 2 is 1.98 bits per heavy atom. The Balaban J connectivity index is 1.41. The third kappa shape index (κ3) is 6.94. The van der Waals surface area contributed by atoms with E-state index in [1.165, 1.54) is 24.5 Å². The minimum atomic E-state index is -5.07. The third-order valence-electron chi connectivity index (χ3n) is 7.30. The highest BCUT2D eigenvalue weighted by molar-refractivity contribution is 7.91. The first-order chi connectivity index (χ1) is 20.9. The van der Waals surface area contributed by atoms with Gasteiger partial charge in [-0.15, -0.1) is 13.2 Å². The number of hydrogen-bond acceptors (Lipinski definition) is 11. The number of benzene rings is 1. The molecule has 2 fully saturated rings. The highest BCUT2D eigenvalue weighted by atomic mass is 32.2. The lowest BCUT2D eigenvalue weighted by Crippen LogP contribution is -2.48. The van der Waals surface area contributed by atoms with Gasteiger partial charge in [0.15, 0.2) is 9.34 Å². The molecule has 44 heavy (non-hydrogen) atoms. The highest BCUT2D eigenvalue weighted by Crippen LogP contribution is 2.35. The molecular weight excluding hydrogens is 625 g/mol. The molecule has 0 aliphatic carbocycles. The summed E-state index contributed by atoms with van der Waals surface area (Å²) in [5.41, 5.74) is 5.81. The molecule has 236 valence electrons. The summed E-state index contributed by atoms with van der Waals surface area (Å²) in [6, 6.07) is 1.38. The first-order valence-corrected chi connectivity index (χ1v) is 16.1. The van der Waals surface area contributed by atoms with Crippen molar-refractivity contribution in [2.45, 2.75) is 54.8 Å². The summed E-state index contributed by atoms with van der Waals surface area (Å²) in [5, 5.41) is 1.21. The number of rotatable bonds is 11. The van der Waals surface area contributed by atoms with Gasteiger partial charge in [0.2, 0.25) is 5.91 Å². The number of halogens is 3. The molecule has 0 spiro atoms. The molecule has 0 radical (unpaired) electrons. The van der Waals surface area contributed by atoms with Gasteiger partial charge in [0.05, 0.1) is 13.1 Å². The van der Waals surface area contributed by atoms with Crippen LogP contribution in [0.3, 0.4) is 0 Å². The van der Waals surface area contributed by atoms with Crippen molar-refractivity contribution in [1.82, 2.24) is 19.6 Å². The number of hydrogen-bond donors (Lipinski definition) is 2. The number of nitrogens with one attached hydrogen (secondary N) is 1. The standard InChI is InChI=1S/C27H30F3N6O6S2/c1-2-11-41-25(38)20(13-17-12-16-5-7-32-23(31)18(16)14-21(17)42-27(28,29)30)36-10-6-19(24(36)37)34-44(39,40)22-15-33-26(43-22)35-8-3-4-9-35/h5,7,12,14-15,19-20,34H,1-4,6,8-11,13H2,(H2,31,32)/q+1. The summed E-state index contributed by atoms with van der Waals surface area (Å²) in [7, 11) is -4.14. The van der Waals surface area contributed by atoms with Gasteiger partial charge in [0.1, 0.15) is 36.7 Å². The summed E-state index contributed by atoms with van der Waals surface area (Å²) in [6.07, 6.45) is -0.669. The maximum absolute atomic E-state index is 13.5. The number of aromatic nitrogens is 2.